The van der Waals surface area contributed by atoms with Crippen LogP contribution in [-0.4, -0.2) is 36.1 Å². The fourth-order valence-electron chi connectivity index (χ4n) is 2.38. The topological polar surface area (TPSA) is 109 Å². The van der Waals surface area contributed by atoms with Crippen LogP contribution in [0.25, 0.3) is 0 Å². The van der Waals surface area contributed by atoms with Gasteiger partial charge < -0.3 is 20.1 Å². The Labute approximate surface area is 168 Å². The highest BCUT2D eigenvalue weighted by molar-refractivity contribution is 6.02. The zero-order valence-electron chi connectivity index (χ0n) is 15.8. The first-order valence-corrected chi connectivity index (χ1v) is 8.82. The van der Waals surface area contributed by atoms with Gasteiger partial charge in [0, 0.05) is 5.69 Å². The summed E-state index contributed by atoms with van der Waals surface area (Å²) >= 11 is 0. The normalized spacial score (nSPS) is 9.93. The molecule has 2 aromatic carbocycles. The second kappa shape index (κ2) is 9.71. The van der Waals surface area contributed by atoms with Gasteiger partial charge in [-0.25, -0.2) is 9.97 Å². The summed E-state index contributed by atoms with van der Waals surface area (Å²) in [6.45, 7) is 0.965. The summed E-state index contributed by atoms with van der Waals surface area (Å²) in [7, 11) is 1.61. The Hall–Kier alpha value is -4.12. The van der Waals surface area contributed by atoms with Crippen molar-refractivity contribution in [2.45, 2.75) is 0 Å². The van der Waals surface area contributed by atoms with E-state index >= 15 is 0 Å². The third kappa shape index (κ3) is 5.68. The summed E-state index contributed by atoms with van der Waals surface area (Å²) < 4.78 is 10.7. The van der Waals surface area contributed by atoms with Crippen molar-refractivity contribution in [2.24, 2.45) is 0 Å². The van der Waals surface area contributed by atoms with Crippen LogP contribution in [0, 0.1) is 11.3 Å². The van der Waals surface area contributed by atoms with Crippen molar-refractivity contribution in [3.63, 3.8) is 0 Å². The fourth-order valence-corrected chi connectivity index (χ4v) is 2.38. The molecule has 0 spiro atoms. The lowest BCUT2D eigenvalue weighted by Crippen LogP contribution is -2.16. The molecule has 0 saturated carbocycles. The maximum Gasteiger partial charge on any atom is 0.275 e. The number of nitriles is 1. The molecular formula is C21H19N5O3. The Balaban J connectivity index is 1.45. The van der Waals surface area contributed by atoms with Gasteiger partial charge in [0.05, 0.1) is 37.7 Å². The first-order valence-electron chi connectivity index (χ1n) is 8.82. The highest BCUT2D eigenvalue weighted by atomic mass is 16.5. The van der Waals surface area contributed by atoms with E-state index < -0.39 is 0 Å². The number of nitrogens with zero attached hydrogens (tertiary/aromatic N) is 3. The van der Waals surface area contributed by atoms with E-state index in [4.69, 9.17) is 14.7 Å². The quantitative estimate of drug-likeness (QED) is 0.570. The summed E-state index contributed by atoms with van der Waals surface area (Å²) in [5.41, 5.74) is 1.29. The molecule has 8 nitrogen and oxygen atoms in total. The molecule has 0 radical (unpaired) electrons. The highest BCUT2D eigenvalue weighted by Crippen LogP contribution is 2.16. The van der Waals surface area contributed by atoms with Gasteiger partial charge in [0.1, 0.15) is 29.6 Å². The Bertz CT molecular complexity index is 981. The van der Waals surface area contributed by atoms with Gasteiger partial charge in [0.2, 0.25) is 0 Å². The molecule has 1 aromatic heterocycles. The molecule has 146 valence electrons. The maximum absolute atomic E-state index is 12.2. The van der Waals surface area contributed by atoms with Crippen LogP contribution >= 0.6 is 0 Å². The Morgan fingerprint density at radius 1 is 1.03 bits per heavy atom. The number of methoxy groups -OCH3 is 1. The van der Waals surface area contributed by atoms with Gasteiger partial charge >= 0.3 is 0 Å². The molecule has 0 aliphatic rings. The molecule has 0 aliphatic carbocycles. The van der Waals surface area contributed by atoms with E-state index in [9.17, 15) is 4.79 Å². The molecule has 1 heterocycles. The minimum atomic E-state index is -0.378. The van der Waals surface area contributed by atoms with Gasteiger partial charge in [-0.15, -0.1) is 0 Å². The number of carbonyl (C=O) groups is 1. The molecule has 0 aliphatic heterocycles. The van der Waals surface area contributed by atoms with Crippen molar-refractivity contribution < 1.29 is 14.3 Å². The van der Waals surface area contributed by atoms with Crippen molar-refractivity contribution >= 4 is 17.4 Å². The number of hydrogen-bond acceptors (Lipinski definition) is 7. The van der Waals surface area contributed by atoms with Crippen LogP contribution in [0.4, 0.5) is 11.5 Å². The van der Waals surface area contributed by atoms with Gasteiger partial charge in [0.25, 0.3) is 5.91 Å². The number of benzene rings is 2. The highest BCUT2D eigenvalue weighted by Gasteiger charge is 2.08. The maximum atomic E-state index is 12.2. The standard InChI is InChI=1S/C21H19N5O3/c1-28-17-6-8-18(9-7-17)29-11-10-23-20-14-24-19(13-25-20)21(27)26-16-4-2-15(12-22)3-5-16/h2-9,13-14H,10-11H2,1H3,(H,23,25)(H,26,27). The van der Waals surface area contributed by atoms with Gasteiger partial charge in [-0.05, 0) is 48.5 Å². The van der Waals surface area contributed by atoms with E-state index in [-0.39, 0.29) is 11.6 Å². The van der Waals surface area contributed by atoms with Crippen LogP contribution < -0.4 is 20.1 Å². The molecule has 0 saturated heterocycles. The van der Waals surface area contributed by atoms with Crippen LogP contribution in [0.5, 0.6) is 11.5 Å². The van der Waals surface area contributed by atoms with Gasteiger partial charge in [-0.1, -0.05) is 0 Å². The monoisotopic (exact) mass is 389 g/mol. The molecule has 29 heavy (non-hydrogen) atoms. The molecule has 0 atom stereocenters. The van der Waals surface area contributed by atoms with E-state index in [1.807, 2.05) is 30.3 Å². The molecule has 0 fully saturated rings. The number of aromatic nitrogens is 2. The predicted molar refractivity (Wildman–Crippen MR) is 108 cm³/mol. The fraction of sp³-hybridized carbons (Fsp3) is 0.143. The first kappa shape index (κ1) is 19.6. The van der Waals surface area contributed by atoms with Gasteiger partial charge in [-0.2, -0.15) is 5.26 Å². The molecule has 3 aromatic rings. The number of ether oxygens (including phenoxy) is 2. The first-order chi connectivity index (χ1) is 14.2. The van der Waals surface area contributed by atoms with Crippen molar-refractivity contribution in [1.29, 1.82) is 5.26 Å². The Kier molecular flexibility index (Phi) is 6.58. The molecule has 1 amide bonds. The van der Waals surface area contributed by atoms with Crippen LogP contribution in [-0.2, 0) is 0 Å². The minimum Gasteiger partial charge on any atom is -0.497 e. The van der Waals surface area contributed by atoms with E-state index in [0.29, 0.717) is 30.2 Å². The number of nitrogens with one attached hydrogen (secondary N) is 2. The van der Waals surface area contributed by atoms with E-state index in [1.54, 1.807) is 31.4 Å². The summed E-state index contributed by atoms with van der Waals surface area (Å²) in [6, 6.07) is 15.9. The molecule has 0 unspecified atom stereocenters. The van der Waals surface area contributed by atoms with Crippen molar-refractivity contribution in [1.82, 2.24) is 9.97 Å². The van der Waals surface area contributed by atoms with Crippen LogP contribution in [0.15, 0.2) is 60.9 Å². The number of carbonyl (C=O) groups excluding carboxylic acids is 1. The van der Waals surface area contributed by atoms with E-state index in [2.05, 4.69) is 20.6 Å². The lowest BCUT2D eigenvalue weighted by molar-refractivity contribution is 0.102. The van der Waals surface area contributed by atoms with Crippen molar-refractivity contribution in [3.8, 4) is 17.6 Å². The number of amides is 1. The van der Waals surface area contributed by atoms with E-state index in [0.717, 1.165) is 11.5 Å². The van der Waals surface area contributed by atoms with Crippen LogP contribution in [0.3, 0.4) is 0 Å². The predicted octanol–water partition coefficient (Wildman–Crippen LogP) is 3.10. The zero-order chi connectivity index (χ0) is 20.5. The summed E-state index contributed by atoms with van der Waals surface area (Å²) in [5.74, 6) is 1.68. The average molecular weight is 389 g/mol. The number of rotatable bonds is 8. The lowest BCUT2D eigenvalue weighted by atomic mass is 10.2. The SMILES string of the molecule is COc1ccc(OCCNc2cnc(C(=O)Nc3ccc(C#N)cc3)cn2)cc1. The third-order valence-electron chi connectivity index (χ3n) is 3.89. The molecule has 3 rings (SSSR count). The smallest absolute Gasteiger partial charge is 0.275 e. The Morgan fingerprint density at radius 3 is 2.38 bits per heavy atom. The van der Waals surface area contributed by atoms with E-state index in [1.165, 1.54) is 12.4 Å². The molecule has 8 heteroatoms. The van der Waals surface area contributed by atoms with Crippen molar-refractivity contribution in [3.05, 3.63) is 72.2 Å². The molecular weight excluding hydrogens is 370 g/mol. The number of hydrogen-bond donors (Lipinski definition) is 2. The molecule has 0 bridgehead atoms. The lowest BCUT2D eigenvalue weighted by Gasteiger charge is -2.09. The van der Waals surface area contributed by atoms with Crippen LogP contribution in [0.2, 0.25) is 0 Å². The average Bonchev–Trinajstić information content (AvgIpc) is 2.78. The second-order valence-corrected chi connectivity index (χ2v) is 5.88. The summed E-state index contributed by atoms with van der Waals surface area (Å²) in [5, 5.41) is 14.6. The zero-order valence-corrected chi connectivity index (χ0v) is 15.8. The summed E-state index contributed by atoms with van der Waals surface area (Å²) in [6.07, 6.45) is 2.88. The largest absolute Gasteiger partial charge is 0.497 e. The van der Waals surface area contributed by atoms with Crippen LogP contribution in [0.1, 0.15) is 16.1 Å². The van der Waals surface area contributed by atoms with Gasteiger partial charge in [-0.3, -0.25) is 4.79 Å². The second-order valence-electron chi connectivity index (χ2n) is 5.88. The number of anilines is 2. The van der Waals surface area contributed by atoms with Crippen molar-refractivity contribution in [2.75, 3.05) is 30.9 Å². The summed E-state index contributed by atoms with van der Waals surface area (Å²) in [4.78, 5) is 20.5. The Morgan fingerprint density at radius 2 is 1.76 bits per heavy atom. The minimum absolute atomic E-state index is 0.189. The van der Waals surface area contributed by atoms with Gasteiger partial charge in [0.15, 0.2) is 0 Å². The third-order valence-corrected chi connectivity index (χ3v) is 3.89. The molecule has 2 N–H and O–H groups in total.